The van der Waals surface area contributed by atoms with Gasteiger partial charge in [0.2, 0.25) is 0 Å². The second-order valence-corrected chi connectivity index (χ2v) is 5.84. The molecule has 0 radical (unpaired) electrons. The summed E-state index contributed by atoms with van der Waals surface area (Å²) in [5.41, 5.74) is 5.51. The Morgan fingerprint density at radius 1 is 1.52 bits per heavy atom. The third-order valence-electron chi connectivity index (χ3n) is 3.96. The van der Waals surface area contributed by atoms with Crippen LogP contribution in [0.5, 0.6) is 0 Å². The van der Waals surface area contributed by atoms with Gasteiger partial charge in [-0.15, -0.1) is 0 Å². The molecule has 2 unspecified atom stereocenters. The Kier molecular flexibility index (Phi) is 4.80. The number of benzene rings is 1. The van der Waals surface area contributed by atoms with Crippen LogP contribution < -0.4 is 5.73 Å². The molecular formula is C14H18ClN3O3. The van der Waals surface area contributed by atoms with E-state index in [1.165, 1.54) is 18.2 Å². The zero-order chi connectivity index (χ0) is 15.6. The molecular weight excluding hydrogens is 294 g/mol. The van der Waals surface area contributed by atoms with Gasteiger partial charge in [0, 0.05) is 23.7 Å². The minimum atomic E-state index is -0.557. The highest BCUT2D eigenvalue weighted by Gasteiger charge is 2.32. The van der Waals surface area contributed by atoms with Gasteiger partial charge in [0.1, 0.15) is 5.56 Å². The fourth-order valence-electron chi connectivity index (χ4n) is 2.65. The van der Waals surface area contributed by atoms with Crippen molar-refractivity contribution in [1.82, 2.24) is 4.90 Å². The van der Waals surface area contributed by atoms with Crippen molar-refractivity contribution in [3.8, 4) is 0 Å². The highest BCUT2D eigenvalue weighted by atomic mass is 35.5. The third kappa shape index (κ3) is 3.33. The average molecular weight is 312 g/mol. The van der Waals surface area contributed by atoms with Crippen LogP contribution in [0.2, 0.25) is 5.02 Å². The van der Waals surface area contributed by atoms with Crippen molar-refractivity contribution in [3.63, 3.8) is 0 Å². The molecule has 6 nitrogen and oxygen atoms in total. The van der Waals surface area contributed by atoms with Gasteiger partial charge in [-0.25, -0.2) is 0 Å². The number of hydrogen-bond acceptors (Lipinski definition) is 4. The van der Waals surface area contributed by atoms with Crippen LogP contribution in [0.25, 0.3) is 0 Å². The minimum Gasteiger partial charge on any atom is -0.335 e. The van der Waals surface area contributed by atoms with Crippen LogP contribution in [-0.4, -0.2) is 34.9 Å². The van der Waals surface area contributed by atoms with Gasteiger partial charge >= 0.3 is 0 Å². The third-order valence-corrected chi connectivity index (χ3v) is 4.19. The number of nitro groups is 1. The fourth-order valence-corrected chi connectivity index (χ4v) is 2.82. The van der Waals surface area contributed by atoms with Crippen molar-refractivity contribution in [3.05, 3.63) is 38.9 Å². The molecule has 0 spiro atoms. The summed E-state index contributed by atoms with van der Waals surface area (Å²) < 4.78 is 0. The first-order chi connectivity index (χ1) is 9.93. The van der Waals surface area contributed by atoms with E-state index in [9.17, 15) is 14.9 Å². The molecule has 1 amide bonds. The fraction of sp³-hybridized carbons (Fsp3) is 0.500. The molecule has 2 N–H and O–H groups in total. The summed E-state index contributed by atoms with van der Waals surface area (Å²) in [4.78, 5) is 24.9. The highest BCUT2D eigenvalue weighted by molar-refractivity contribution is 6.31. The van der Waals surface area contributed by atoms with Crippen LogP contribution >= 0.6 is 11.6 Å². The first-order valence-corrected chi connectivity index (χ1v) is 7.26. The lowest BCUT2D eigenvalue weighted by Crippen LogP contribution is -2.47. The van der Waals surface area contributed by atoms with Gasteiger partial charge in [-0.05, 0) is 44.4 Å². The molecule has 0 aliphatic carbocycles. The second-order valence-electron chi connectivity index (χ2n) is 5.40. The second kappa shape index (κ2) is 6.41. The zero-order valence-corrected chi connectivity index (χ0v) is 12.5. The molecule has 2 rings (SSSR count). The van der Waals surface area contributed by atoms with E-state index in [0.29, 0.717) is 18.1 Å². The van der Waals surface area contributed by atoms with Crippen molar-refractivity contribution in [2.45, 2.75) is 25.8 Å². The Bertz CT molecular complexity index is 564. The van der Waals surface area contributed by atoms with E-state index < -0.39 is 4.92 Å². The predicted octanol–water partition coefficient (Wildman–Crippen LogP) is 2.45. The van der Waals surface area contributed by atoms with E-state index in [1.54, 1.807) is 4.90 Å². The maximum absolute atomic E-state index is 12.7. The first-order valence-electron chi connectivity index (χ1n) is 6.89. The summed E-state index contributed by atoms with van der Waals surface area (Å²) in [5.74, 6) is -0.113. The lowest BCUT2D eigenvalue weighted by molar-refractivity contribution is -0.385. The number of amides is 1. The first kappa shape index (κ1) is 15.7. The Morgan fingerprint density at radius 3 is 2.86 bits per heavy atom. The van der Waals surface area contributed by atoms with Crippen molar-refractivity contribution in [1.29, 1.82) is 0 Å². The van der Waals surface area contributed by atoms with Gasteiger partial charge in [0.15, 0.2) is 0 Å². The topological polar surface area (TPSA) is 89.5 Å². The van der Waals surface area contributed by atoms with E-state index in [2.05, 4.69) is 0 Å². The number of piperidine rings is 1. The monoisotopic (exact) mass is 311 g/mol. The lowest BCUT2D eigenvalue weighted by atomic mass is 9.93. The SMILES string of the molecule is CC1CCC(CN)CN1C(=O)c1cc(Cl)ccc1[N+](=O)[O-]. The quantitative estimate of drug-likeness (QED) is 0.686. The summed E-state index contributed by atoms with van der Waals surface area (Å²) in [6, 6.07) is 4.09. The summed E-state index contributed by atoms with van der Waals surface area (Å²) in [7, 11) is 0. The zero-order valence-electron chi connectivity index (χ0n) is 11.8. The molecule has 1 aromatic carbocycles. The number of nitrogens with two attached hydrogens (primary N) is 1. The number of rotatable bonds is 3. The Labute approximate surface area is 128 Å². The normalized spacial score (nSPS) is 22.1. The minimum absolute atomic E-state index is 0.0389. The van der Waals surface area contributed by atoms with E-state index >= 15 is 0 Å². The molecule has 1 fully saturated rings. The van der Waals surface area contributed by atoms with Gasteiger partial charge in [0.25, 0.3) is 11.6 Å². The number of carbonyl (C=O) groups is 1. The molecule has 0 aromatic heterocycles. The largest absolute Gasteiger partial charge is 0.335 e. The van der Waals surface area contributed by atoms with Crippen LogP contribution in [0.4, 0.5) is 5.69 Å². The van der Waals surface area contributed by atoms with Gasteiger partial charge in [-0.2, -0.15) is 0 Å². The van der Waals surface area contributed by atoms with Crippen LogP contribution in [-0.2, 0) is 0 Å². The highest BCUT2D eigenvalue weighted by Crippen LogP contribution is 2.28. The number of hydrogen-bond donors (Lipinski definition) is 1. The molecule has 7 heteroatoms. The lowest BCUT2D eigenvalue weighted by Gasteiger charge is -2.37. The van der Waals surface area contributed by atoms with Crippen LogP contribution in [0.3, 0.4) is 0 Å². The van der Waals surface area contributed by atoms with Crippen LogP contribution in [0, 0.1) is 16.0 Å². The van der Waals surface area contributed by atoms with Gasteiger partial charge < -0.3 is 10.6 Å². The molecule has 114 valence electrons. The number of halogens is 1. The summed E-state index contributed by atoms with van der Waals surface area (Å²) in [6.45, 7) is 2.98. The van der Waals surface area contributed by atoms with Crippen LogP contribution in [0.15, 0.2) is 18.2 Å². The molecule has 1 heterocycles. The van der Waals surface area contributed by atoms with E-state index in [-0.39, 0.29) is 29.1 Å². The van der Waals surface area contributed by atoms with Crippen molar-refractivity contribution >= 4 is 23.2 Å². The number of nitrogens with zero attached hydrogens (tertiary/aromatic N) is 2. The standard InChI is InChI=1S/C14H18ClN3O3/c1-9-2-3-10(7-16)8-17(9)14(19)12-6-11(15)4-5-13(12)18(20)21/h4-6,9-10H,2-3,7-8,16H2,1H3. The molecule has 1 aromatic rings. The van der Waals surface area contributed by atoms with Crippen molar-refractivity contribution in [2.24, 2.45) is 11.7 Å². The molecule has 1 saturated heterocycles. The van der Waals surface area contributed by atoms with Crippen molar-refractivity contribution in [2.75, 3.05) is 13.1 Å². The van der Waals surface area contributed by atoms with E-state index in [4.69, 9.17) is 17.3 Å². The molecule has 2 atom stereocenters. The Balaban J connectivity index is 2.34. The molecule has 21 heavy (non-hydrogen) atoms. The van der Waals surface area contributed by atoms with E-state index in [0.717, 1.165) is 12.8 Å². The van der Waals surface area contributed by atoms with Gasteiger partial charge in [-0.1, -0.05) is 11.6 Å². The number of carbonyl (C=O) groups excluding carboxylic acids is 1. The molecule has 0 bridgehead atoms. The summed E-state index contributed by atoms with van der Waals surface area (Å²) >= 11 is 5.88. The maximum Gasteiger partial charge on any atom is 0.282 e. The average Bonchev–Trinajstić information content (AvgIpc) is 2.46. The summed E-state index contributed by atoms with van der Waals surface area (Å²) in [5, 5.41) is 11.4. The molecule has 0 saturated carbocycles. The smallest absolute Gasteiger partial charge is 0.282 e. The molecule has 1 aliphatic heterocycles. The Morgan fingerprint density at radius 2 is 2.24 bits per heavy atom. The van der Waals surface area contributed by atoms with Gasteiger partial charge in [-0.3, -0.25) is 14.9 Å². The van der Waals surface area contributed by atoms with Gasteiger partial charge in [0.05, 0.1) is 4.92 Å². The van der Waals surface area contributed by atoms with Crippen LogP contribution in [0.1, 0.15) is 30.1 Å². The van der Waals surface area contributed by atoms with E-state index in [1.807, 2.05) is 6.92 Å². The number of likely N-dealkylation sites (tertiary alicyclic amines) is 1. The summed E-state index contributed by atoms with van der Waals surface area (Å²) in [6.07, 6.45) is 1.82. The predicted molar refractivity (Wildman–Crippen MR) is 80.4 cm³/mol. The van der Waals surface area contributed by atoms with Crippen molar-refractivity contribution < 1.29 is 9.72 Å². The Hall–Kier alpha value is -1.66. The maximum atomic E-state index is 12.7. The molecule has 1 aliphatic rings. The number of nitro benzene ring substituents is 1.